The molecule has 0 aliphatic rings. The molecule has 3 aromatic carbocycles. The fourth-order valence-electron chi connectivity index (χ4n) is 3.10. The second-order valence-corrected chi connectivity index (χ2v) is 7.46. The van der Waals surface area contributed by atoms with E-state index in [2.05, 4.69) is 10.6 Å². The Bertz CT molecular complexity index is 1110. The minimum atomic E-state index is -0.266. The summed E-state index contributed by atoms with van der Waals surface area (Å²) in [6.07, 6.45) is 0. The molecular weight excluding hydrogens is 404 g/mol. The number of carbonyl (C=O) groups is 3. The zero-order valence-corrected chi connectivity index (χ0v) is 18.3. The van der Waals surface area contributed by atoms with E-state index < -0.39 is 0 Å². The van der Waals surface area contributed by atoms with Gasteiger partial charge in [-0.3, -0.25) is 14.4 Å². The second-order valence-electron chi connectivity index (χ2n) is 7.46. The van der Waals surface area contributed by atoms with Gasteiger partial charge in [-0.2, -0.15) is 0 Å². The van der Waals surface area contributed by atoms with Crippen molar-refractivity contribution in [1.29, 1.82) is 0 Å². The van der Waals surface area contributed by atoms with Crippen LogP contribution in [0.4, 0.5) is 17.1 Å². The van der Waals surface area contributed by atoms with E-state index >= 15 is 0 Å². The zero-order valence-electron chi connectivity index (χ0n) is 18.3. The third-order valence-electron chi connectivity index (χ3n) is 4.81. The normalized spacial score (nSPS) is 10.2. The maximum Gasteiger partial charge on any atom is 0.258 e. The Hall–Kier alpha value is -4.13. The fraction of sp³-hybridized carbons (Fsp3) is 0.160. The van der Waals surface area contributed by atoms with Crippen molar-refractivity contribution >= 4 is 34.8 Å². The highest BCUT2D eigenvalue weighted by Crippen LogP contribution is 2.17. The third kappa shape index (κ3) is 5.72. The largest absolute Gasteiger partial charge is 0.376 e. The predicted octanol–water partition coefficient (Wildman–Crippen LogP) is 3.72. The molecule has 0 aliphatic heterocycles. The number of nitrogens with zero attached hydrogens (tertiary/aromatic N) is 2. The summed E-state index contributed by atoms with van der Waals surface area (Å²) >= 11 is 0. The fourth-order valence-corrected chi connectivity index (χ4v) is 3.10. The summed E-state index contributed by atoms with van der Waals surface area (Å²) in [5.74, 6) is -0.551. The standard InChI is InChI=1S/C25H26N4O3/c1-28(2)24(31)18-9-8-12-21(16-18)27-23(30)17-26-20-11-7-10-19(15-20)25(32)29(3)22-13-5-4-6-14-22/h4-16,26H,17H2,1-3H3,(H,27,30). The Morgan fingerprint density at radius 1 is 0.719 bits per heavy atom. The number of anilines is 3. The van der Waals surface area contributed by atoms with E-state index in [-0.39, 0.29) is 24.3 Å². The minimum Gasteiger partial charge on any atom is -0.376 e. The molecule has 164 valence electrons. The molecule has 3 aromatic rings. The third-order valence-corrected chi connectivity index (χ3v) is 4.81. The number of benzene rings is 3. The van der Waals surface area contributed by atoms with Crippen LogP contribution in [0.3, 0.4) is 0 Å². The first-order chi connectivity index (χ1) is 15.3. The number of carbonyl (C=O) groups excluding carboxylic acids is 3. The minimum absolute atomic E-state index is 0.0119. The molecule has 0 saturated heterocycles. The summed E-state index contributed by atoms with van der Waals surface area (Å²) in [5, 5.41) is 5.81. The first kappa shape index (κ1) is 22.6. The number of hydrogen-bond donors (Lipinski definition) is 2. The van der Waals surface area contributed by atoms with Gasteiger partial charge in [-0.15, -0.1) is 0 Å². The molecule has 32 heavy (non-hydrogen) atoms. The summed E-state index contributed by atoms with van der Waals surface area (Å²) in [6, 6.07) is 23.2. The molecule has 0 bridgehead atoms. The summed E-state index contributed by atoms with van der Waals surface area (Å²) in [5.41, 5.74) is 3.00. The first-order valence-corrected chi connectivity index (χ1v) is 10.1. The summed E-state index contributed by atoms with van der Waals surface area (Å²) in [6.45, 7) is 0.0119. The SMILES string of the molecule is CN(C)C(=O)c1cccc(NC(=O)CNc2cccc(C(=O)N(C)c3ccccc3)c2)c1. The smallest absolute Gasteiger partial charge is 0.258 e. The van der Waals surface area contributed by atoms with Gasteiger partial charge in [0.05, 0.1) is 6.54 Å². The lowest BCUT2D eigenvalue weighted by Gasteiger charge is -2.18. The van der Waals surface area contributed by atoms with Crippen molar-refractivity contribution in [2.45, 2.75) is 0 Å². The van der Waals surface area contributed by atoms with Crippen LogP contribution in [0.15, 0.2) is 78.9 Å². The second kappa shape index (κ2) is 10.3. The van der Waals surface area contributed by atoms with E-state index in [1.807, 2.05) is 30.3 Å². The van der Waals surface area contributed by atoms with E-state index in [1.165, 1.54) is 4.90 Å². The number of amides is 3. The van der Waals surface area contributed by atoms with Crippen LogP contribution in [0.25, 0.3) is 0 Å². The van der Waals surface area contributed by atoms with Crippen LogP contribution < -0.4 is 15.5 Å². The highest BCUT2D eigenvalue weighted by atomic mass is 16.2. The Morgan fingerprint density at radius 2 is 1.31 bits per heavy atom. The van der Waals surface area contributed by atoms with E-state index in [4.69, 9.17) is 0 Å². The monoisotopic (exact) mass is 430 g/mol. The van der Waals surface area contributed by atoms with Crippen LogP contribution in [-0.4, -0.2) is 50.3 Å². The molecule has 0 saturated carbocycles. The summed E-state index contributed by atoms with van der Waals surface area (Å²) in [4.78, 5) is 40.3. The quantitative estimate of drug-likeness (QED) is 0.599. The Balaban J connectivity index is 1.60. The zero-order chi connectivity index (χ0) is 23.1. The van der Waals surface area contributed by atoms with Crippen molar-refractivity contribution in [3.05, 3.63) is 90.0 Å². The maximum atomic E-state index is 12.8. The van der Waals surface area contributed by atoms with Gasteiger partial charge in [0.2, 0.25) is 5.91 Å². The first-order valence-electron chi connectivity index (χ1n) is 10.1. The molecule has 0 aromatic heterocycles. The average molecular weight is 431 g/mol. The highest BCUT2D eigenvalue weighted by Gasteiger charge is 2.14. The molecule has 0 atom stereocenters. The molecule has 0 aliphatic carbocycles. The topological polar surface area (TPSA) is 81.8 Å². The van der Waals surface area contributed by atoms with Crippen molar-refractivity contribution in [3.8, 4) is 0 Å². The molecule has 0 fully saturated rings. The van der Waals surface area contributed by atoms with Gasteiger partial charge >= 0.3 is 0 Å². The lowest BCUT2D eigenvalue weighted by atomic mass is 10.1. The van der Waals surface area contributed by atoms with Crippen LogP contribution >= 0.6 is 0 Å². The molecule has 0 heterocycles. The number of hydrogen-bond acceptors (Lipinski definition) is 4. The van der Waals surface area contributed by atoms with Crippen LogP contribution in [-0.2, 0) is 4.79 Å². The predicted molar refractivity (Wildman–Crippen MR) is 127 cm³/mol. The number of rotatable bonds is 7. The van der Waals surface area contributed by atoms with Crippen LogP contribution in [0, 0.1) is 0 Å². The van der Waals surface area contributed by atoms with Crippen molar-refractivity contribution in [2.24, 2.45) is 0 Å². The number of para-hydroxylation sites is 1. The molecule has 0 radical (unpaired) electrons. The average Bonchev–Trinajstić information content (AvgIpc) is 2.82. The Kier molecular flexibility index (Phi) is 7.23. The van der Waals surface area contributed by atoms with Crippen LogP contribution in [0.1, 0.15) is 20.7 Å². The maximum absolute atomic E-state index is 12.8. The summed E-state index contributed by atoms with van der Waals surface area (Å²) in [7, 11) is 5.07. The molecule has 0 spiro atoms. The lowest BCUT2D eigenvalue weighted by Crippen LogP contribution is -2.26. The van der Waals surface area contributed by atoms with Crippen molar-refractivity contribution < 1.29 is 14.4 Å². The molecule has 7 nitrogen and oxygen atoms in total. The molecule has 3 amide bonds. The van der Waals surface area contributed by atoms with Gasteiger partial charge < -0.3 is 20.4 Å². The molecular formula is C25H26N4O3. The van der Waals surface area contributed by atoms with Gasteiger partial charge in [0, 0.05) is 49.3 Å². The van der Waals surface area contributed by atoms with Crippen molar-refractivity contribution in [1.82, 2.24) is 4.90 Å². The Labute approximate surface area is 187 Å². The van der Waals surface area contributed by atoms with Crippen molar-refractivity contribution in [2.75, 3.05) is 43.2 Å². The van der Waals surface area contributed by atoms with Crippen LogP contribution in [0.5, 0.6) is 0 Å². The van der Waals surface area contributed by atoms with Gasteiger partial charge in [0.1, 0.15) is 0 Å². The van der Waals surface area contributed by atoms with E-state index in [0.29, 0.717) is 22.5 Å². The molecule has 0 unspecified atom stereocenters. The lowest BCUT2D eigenvalue weighted by molar-refractivity contribution is -0.114. The van der Waals surface area contributed by atoms with E-state index in [1.54, 1.807) is 74.6 Å². The van der Waals surface area contributed by atoms with Crippen LogP contribution in [0.2, 0.25) is 0 Å². The van der Waals surface area contributed by atoms with Gasteiger partial charge in [0.25, 0.3) is 11.8 Å². The van der Waals surface area contributed by atoms with Gasteiger partial charge in [-0.25, -0.2) is 0 Å². The van der Waals surface area contributed by atoms with E-state index in [9.17, 15) is 14.4 Å². The van der Waals surface area contributed by atoms with E-state index in [0.717, 1.165) is 5.69 Å². The molecule has 3 rings (SSSR count). The number of nitrogens with one attached hydrogen (secondary N) is 2. The van der Waals surface area contributed by atoms with Gasteiger partial charge in [0.15, 0.2) is 0 Å². The molecule has 7 heteroatoms. The Morgan fingerprint density at radius 3 is 1.97 bits per heavy atom. The highest BCUT2D eigenvalue weighted by molar-refractivity contribution is 6.06. The van der Waals surface area contributed by atoms with Gasteiger partial charge in [-0.1, -0.05) is 30.3 Å². The summed E-state index contributed by atoms with van der Waals surface area (Å²) < 4.78 is 0. The van der Waals surface area contributed by atoms with Gasteiger partial charge in [-0.05, 0) is 48.5 Å². The molecule has 2 N–H and O–H groups in total. The van der Waals surface area contributed by atoms with Crippen molar-refractivity contribution in [3.63, 3.8) is 0 Å².